The quantitative estimate of drug-likeness (QED) is 0.779. The zero-order chi connectivity index (χ0) is 15.4. The number of nitriles is 1. The van der Waals surface area contributed by atoms with Crippen molar-refractivity contribution in [2.24, 2.45) is 0 Å². The Morgan fingerprint density at radius 2 is 1.95 bits per heavy atom. The molecule has 0 fully saturated rings. The summed E-state index contributed by atoms with van der Waals surface area (Å²) in [6, 6.07) is 15.8. The maximum Gasteiger partial charge on any atom is 0.126 e. The Labute approximate surface area is 131 Å². The Kier molecular flexibility index (Phi) is 4.12. The second-order valence-corrected chi connectivity index (χ2v) is 5.67. The molecule has 0 unspecified atom stereocenters. The Hall–Kier alpha value is -2.71. The Morgan fingerprint density at radius 1 is 1.14 bits per heavy atom. The van der Waals surface area contributed by atoms with Gasteiger partial charge in [0, 0.05) is 11.1 Å². The SMILES string of the molecule is N#Cc1ccc(N[C@@H](c2ccc(F)cc2)c2cccs2)nc1. The Bertz CT molecular complexity index is 774. The van der Waals surface area contributed by atoms with E-state index < -0.39 is 0 Å². The fourth-order valence-electron chi connectivity index (χ4n) is 2.12. The van der Waals surface area contributed by atoms with Crippen LogP contribution in [0.5, 0.6) is 0 Å². The first kappa shape index (κ1) is 14.2. The lowest BCUT2D eigenvalue weighted by Gasteiger charge is -2.18. The molecule has 3 aromatic rings. The van der Waals surface area contributed by atoms with Crippen LogP contribution in [-0.4, -0.2) is 4.98 Å². The molecule has 0 aliphatic heterocycles. The Morgan fingerprint density at radius 3 is 2.55 bits per heavy atom. The molecule has 3 nitrogen and oxygen atoms in total. The third-order valence-electron chi connectivity index (χ3n) is 3.22. The van der Waals surface area contributed by atoms with Gasteiger partial charge in [-0.2, -0.15) is 5.26 Å². The number of pyridine rings is 1. The van der Waals surface area contributed by atoms with E-state index in [4.69, 9.17) is 5.26 Å². The first-order valence-corrected chi connectivity index (χ1v) is 7.56. The van der Waals surface area contributed by atoms with Crippen molar-refractivity contribution >= 4 is 17.2 Å². The number of anilines is 1. The highest BCUT2D eigenvalue weighted by Crippen LogP contribution is 2.29. The van der Waals surface area contributed by atoms with Crippen LogP contribution >= 0.6 is 11.3 Å². The molecule has 1 atom stereocenters. The van der Waals surface area contributed by atoms with Crippen molar-refractivity contribution in [3.05, 3.63) is 81.9 Å². The van der Waals surface area contributed by atoms with Crippen molar-refractivity contribution in [3.8, 4) is 6.07 Å². The van der Waals surface area contributed by atoms with Crippen molar-refractivity contribution in [1.82, 2.24) is 4.98 Å². The number of nitrogens with one attached hydrogen (secondary N) is 1. The second kappa shape index (κ2) is 6.37. The maximum atomic E-state index is 13.1. The van der Waals surface area contributed by atoms with Gasteiger partial charge >= 0.3 is 0 Å². The van der Waals surface area contributed by atoms with E-state index in [2.05, 4.69) is 10.3 Å². The molecule has 0 aliphatic carbocycles. The summed E-state index contributed by atoms with van der Waals surface area (Å²) in [5.41, 5.74) is 1.47. The van der Waals surface area contributed by atoms with E-state index in [9.17, 15) is 4.39 Å². The van der Waals surface area contributed by atoms with E-state index in [0.29, 0.717) is 11.4 Å². The topological polar surface area (TPSA) is 48.7 Å². The average Bonchev–Trinajstić information content (AvgIpc) is 3.08. The van der Waals surface area contributed by atoms with Gasteiger partial charge in [-0.1, -0.05) is 18.2 Å². The number of hydrogen-bond acceptors (Lipinski definition) is 4. The number of rotatable bonds is 4. The van der Waals surface area contributed by atoms with Crippen LogP contribution in [0.4, 0.5) is 10.2 Å². The fraction of sp³-hybridized carbons (Fsp3) is 0.0588. The summed E-state index contributed by atoms with van der Waals surface area (Å²) in [4.78, 5) is 5.35. The van der Waals surface area contributed by atoms with Crippen LogP contribution in [0.1, 0.15) is 22.0 Å². The molecule has 5 heteroatoms. The van der Waals surface area contributed by atoms with Crippen molar-refractivity contribution in [3.63, 3.8) is 0 Å². The van der Waals surface area contributed by atoms with Gasteiger partial charge in [-0.25, -0.2) is 9.37 Å². The van der Waals surface area contributed by atoms with Gasteiger partial charge in [0.05, 0.1) is 11.6 Å². The average molecular weight is 309 g/mol. The summed E-state index contributed by atoms with van der Waals surface area (Å²) in [5, 5.41) is 14.2. The third-order valence-corrected chi connectivity index (χ3v) is 4.15. The molecule has 22 heavy (non-hydrogen) atoms. The summed E-state index contributed by atoms with van der Waals surface area (Å²) in [6.45, 7) is 0. The number of hydrogen-bond donors (Lipinski definition) is 1. The van der Waals surface area contributed by atoms with Crippen molar-refractivity contribution in [2.75, 3.05) is 5.32 Å². The molecule has 2 aromatic heterocycles. The summed E-state index contributed by atoms with van der Waals surface area (Å²) in [6.07, 6.45) is 1.53. The standard InChI is InChI=1S/C17H12FN3S/c18-14-6-4-13(5-7-14)17(15-2-1-9-22-15)21-16-8-3-12(10-19)11-20-16/h1-9,11,17H,(H,20,21)/t17-/m0/s1. The molecule has 2 heterocycles. The van der Waals surface area contributed by atoms with Crippen LogP contribution in [0, 0.1) is 17.1 Å². The fourth-order valence-corrected chi connectivity index (χ4v) is 2.93. The highest BCUT2D eigenvalue weighted by molar-refractivity contribution is 7.10. The summed E-state index contributed by atoms with van der Waals surface area (Å²) < 4.78 is 13.1. The highest BCUT2D eigenvalue weighted by Gasteiger charge is 2.15. The van der Waals surface area contributed by atoms with Gasteiger partial charge in [0.15, 0.2) is 0 Å². The van der Waals surface area contributed by atoms with Gasteiger partial charge in [0.2, 0.25) is 0 Å². The van der Waals surface area contributed by atoms with E-state index in [-0.39, 0.29) is 11.9 Å². The van der Waals surface area contributed by atoms with E-state index >= 15 is 0 Å². The summed E-state index contributed by atoms with van der Waals surface area (Å²) in [5.74, 6) is 0.409. The van der Waals surface area contributed by atoms with E-state index in [1.165, 1.54) is 18.3 Å². The van der Waals surface area contributed by atoms with Crippen LogP contribution < -0.4 is 5.32 Å². The molecular formula is C17H12FN3S. The lowest BCUT2D eigenvalue weighted by molar-refractivity contribution is 0.626. The van der Waals surface area contributed by atoms with Crippen LogP contribution in [0.25, 0.3) is 0 Å². The molecule has 3 rings (SSSR count). The lowest BCUT2D eigenvalue weighted by atomic mass is 10.1. The normalized spacial score (nSPS) is 11.6. The molecule has 0 amide bonds. The Balaban J connectivity index is 1.92. The van der Waals surface area contributed by atoms with Crippen LogP contribution in [0.2, 0.25) is 0 Å². The summed E-state index contributed by atoms with van der Waals surface area (Å²) >= 11 is 1.62. The number of halogens is 1. The molecule has 0 bridgehead atoms. The number of nitrogens with zero attached hydrogens (tertiary/aromatic N) is 2. The highest BCUT2D eigenvalue weighted by atomic mass is 32.1. The molecular weight excluding hydrogens is 297 g/mol. The van der Waals surface area contributed by atoms with Gasteiger partial charge in [0.25, 0.3) is 0 Å². The molecule has 0 radical (unpaired) electrons. The number of benzene rings is 1. The number of thiophene rings is 1. The van der Waals surface area contributed by atoms with Gasteiger partial charge in [-0.3, -0.25) is 0 Å². The molecule has 1 N–H and O–H groups in total. The molecule has 0 saturated heterocycles. The zero-order valence-electron chi connectivity index (χ0n) is 11.5. The smallest absolute Gasteiger partial charge is 0.126 e. The van der Waals surface area contributed by atoms with E-state index in [1.807, 2.05) is 23.6 Å². The zero-order valence-corrected chi connectivity index (χ0v) is 12.3. The second-order valence-electron chi connectivity index (χ2n) is 4.69. The predicted octanol–water partition coefficient (Wildman–Crippen LogP) is 4.36. The minimum absolute atomic E-state index is 0.110. The molecule has 0 spiro atoms. The van der Waals surface area contributed by atoms with Crippen LogP contribution in [-0.2, 0) is 0 Å². The van der Waals surface area contributed by atoms with Gasteiger partial charge < -0.3 is 5.32 Å². The van der Waals surface area contributed by atoms with Gasteiger partial charge in [-0.05, 0) is 41.3 Å². The monoisotopic (exact) mass is 309 g/mol. The minimum atomic E-state index is -0.259. The van der Waals surface area contributed by atoms with Crippen molar-refractivity contribution in [1.29, 1.82) is 5.26 Å². The van der Waals surface area contributed by atoms with Crippen molar-refractivity contribution < 1.29 is 4.39 Å². The molecule has 0 saturated carbocycles. The van der Waals surface area contributed by atoms with Crippen LogP contribution in [0.3, 0.4) is 0 Å². The first-order valence-electron chi connectivity index (χ1n) is 6.68. The molecule has 0 aliphatic rings. The number of aromatic nitrogens is 1. The first-order chi connectivity index (χ1) is 10.8. The lowest BCUT2D eigenvalue weighted by Crippen LogP contribution is -2.12. The van der Waals surface area contributed by atoms with E-state index in [0.717, 1.165) is 10.4 Å². The van der Waals surface area contributed by atoms with Crippen molar-refractivity contribution in [2.45, 2.75) is 6.04 Å². The molecule has 1 aromatic carbocycles. The van der Waals surface area contributed by atoms with E-state index in [1.54, 1.807) is 35.6 Å². The summed E-state index contributed by atoms with van der Waals surface area (Å²) in [7, 11) is 0. The largest absolute Gasteiger partial charge is 0.358 e. The maximum absolute atomic E-state index is 13.1. The third kappa shape index (κ3) is 3.13. The van der Waals surface area contributed by atoms with Crippen LogP contribution in [0.15, 0.2) is 60.1 Å². The minimum Gasteiger partial charge on any atom is -0.358 e. The van der Waals surface area contributed by atoms with Gasteiger partial charge in [0.1, 0.15) is 17.7 Å². The molecule has 108 valence electrons. The predicted molar refractivity (Wildman–Crippen MR) is 85.1 cm³/mol. The van der Waals surface area contributed by atoms with Gasteiger partial charge in [-0.15, -0.1) is 11.3 Å².